The van der Waals surface area contributed by atoms with Crippen molar-refractivity contribution >= 4 is 18.4 Å². The minimum absolute atomic E-state index is 0.0550. The van der Waals surface area contributed by atoms with Crippen LogP contribution in [0, 0.1) is 11.3 Å². The zero-order chi connectivity index (χ0) is 17.8. The molecule has 2 aromatic rings. The first kappa shape index (κ1) is 18.2. The van der Waals surface area contributed by atoms with Gasteiger partial charge in [-0.3, -0.25) is 0 Å². The second-order valence-corrected chi connectivity index (χ2v) is 12.1. The van der Waals surface area contributed by atoms with Gasteiger partial charge in [-0.15, -0.1) is 0 Å². The first-order valence-electron chi connectivity index (χ1n) is 7.39. The molecule has 0 amide bonds. The Labute approximate surface area is 143 Å². The van der Waals surface area contributed by atoms with Crippen molar-refractivity contribution in [1.82, 2.24) is 0 Å². The molecule has 24 heavy (non-hydrogen) atoms. The zero-order valence-electron chi connectivity index (χ0n) is 13.8. The van der Waals surface area contributed by atoms with Crippen LogP contribution in [0.5, 0.6) is 5.75 Å². The van der Waals surface area contributed by atoms with Gasteiger partial charge in [-0.05, 0) is 37.8 Å². The molecular formula is C17H19NO4SSi. The molecule has 0 spiro atoms. The summed E-state index contributed by atoms with van der Waals surface area (Å²) in [6.07, 6.45) is -0.876. The SMILES string of the molecule is C[Si](C)(C)OC(C#N)c1ccccc1OS(=O)(=O)c1ccccc1. The zero-order valence-corrected chi connectivity index (χ0v) is 15.6. The van der Waals surface area contributed by atoms with E-state index in [1.807, 2.05) is 19.6 Å². The predicted molar refractivity (Wildman–Crippen MR) is 93.5 cm³/mol. The number of rotatable bonds is 6. The van der Waals surface area contributed by atoms with Crippen LogP contribution < -0.4 is 4.18 Å². The third-order valence-corrected chi connectivity index (χ3v) is 5.21. The van der Waals surface area contributed by atoms with E-state index in [-0.39, 0.29) is 10.6 Å². The monoisotopic (exact) mass is 361 g/mol. The normalized spacial score (nSPS) is 13.1. The first-order valence-corrected chi connectivity index (χ1v) is 12.2. The topological polar surface area (TPSA) is 76.4 Å². The minimum atomic E-state index is -3.97. The molecular weight excluding hydrogens is 342 g/mol. The maximum absolute atomic E-state index is 12.4. The number of nitrogens with zero attached hydrogens (tertiary/aromatic N) is 1. The molecule has 0 fully saturated rings. The van der Waals surface area contributed by atoms with Crippen molar-refractivity contribution in [1.29, 1.82) is 5.26 Å². The maximum Gasteiger partial charge on any atom is 0.339 e. The number of hydrogen-bond donors (Lipinski definition) is 0. The Morgan fingerprint density at radius 1 is 1.00 bits per heavy atom. The maximum atomic E-state index is 12.4. The lowest BCUT2D eigenvalue weighted by molar-refractivity contribution is 0.252. The lowest BCUT2D eigenvalue weighted by Gasteiger charge is -2.23. The highest BCUT2D eigenvalue weighted by atomic mass is 32.2. The third-order valence-electron chi connectivity index (χ3n) is 3.02. The van der Waals surface area contributed by atoms with E-state index in [1.54, 1.807) is 36.4 Å². The smallest absolute Gasteiger partial charge is 0.339 e. The van der Waals surface area contributed by atoms with Crippen molar-refractivity contribution in [2.45, 2.75) is 30.6 Å². The molecule has 0 aliphatic rings. The van der Waals surface area contributed by atoms with Crippen molar-refractivity contribution in [2.75, 3.05) is 0 Å². The summed E-state index contributed by atoms with van der Waals surface area (Å²) in [5, 5.41) is 9.42. The predicted octanol–water partition coefficient (Wildman–Crippen LogP) is 3.87. The van der Waals surface area contributed by atoms with Crippen LogP contribution in [0.2, 0.25) is 19.6 Å². The summed E-state index contributed by atoms with van der Waals surface area (Å²) in [7, 11) is -5.97. The number of nitriles is 1. The first-order chi connectivity index (χ1) is 11.2. The molecule has 0 radical (unpaired) electrons. The summed E-state index contributed by atoms with van der Waals surface area (Å²) >= 11 is 0. The second-order valence-electron chi connectivity index (χ2n) is 6.13. The summed E-state index contributed by atoms with van der Waals surface area (Å²) in [5.74, 6) is 0.103. The summed E-state index contributed by atoms with van der Waals surface area (Å²) in [4.78, 5) is 0.0550. The highest BCUT2D eigenvalue weighted by Gasteiger charge is 2.26. The van der Waals surface area contributed by atoms with Crippen molar-refractivity contribution < 1.29 is 17.0 Å². The van der Waals surface area contributed by atoms with Gasteiger partial charge in [-0.1, -0.05) is 36.4 Å². The van der Waals surface area contributed by atoms with Crippen LogP contribution in [0.3, 0.4) is 0 Å². The molecule has 126 valence electrons. The highest BCUT2D eigenvalue weighted by Crippen LogP contribution is 2.31. The Morgan fingerprint density at radius 3 is 2.17 bits per heavy atom. The van der Waals surface area contributed by atoms with E-state index in [0.717, 1.165) is 0 Å². The van der Waals surface area contributed by atoms with E-state index in [1.165, 1.54) is 18.2 Å². The molecule has 1 unspecified atom stereocenters. The molecule has 0 aliphatic carbocycles. The van der Waals surface area contributed by atoms with Crippen molar-refractivity contribution in [2.24, 2.45) is 0 Å². The Morgan fingerprint density at radius 2 is 1.58 bits per heavy atom. The number of para-hydroxylation sites is 1. The van der Waals surface area contributed by atoms with Gasteiger partial charge in [0.15, 0.2) is 14.4 Å². The van der Waals surface area contributed by atoms with Crippen LogP contribution in [-0.4, -0.2) is 16.7 Å². The van der Waals surface area contributed by atoms with E-state index in [0.29, 0.717) is 5.56 Å². The van der Waals surface area contributed by atoms with Gasteiger partial charge >= 0.3 is 10.1 Å². The van der Waals surface area contributed by atoms with E-state index < -0.39 is 24.5 Å². The molecule has 2 aromatic carbocycles. The molecule has 7 heteroatoms. The Balaban J connectivity index is 2.38. The van der Waals surface area contributed by atoms with E-state index in [4.69, 9.17) is 8.61 Å². The molecule has 0 N–H and O–H groups in total. The van der Waals surface area contributed by atoms with Crippen molar-refractivity contribution in [3.8, 4) is 11.8 Å². The van der Waals surface area contributed by atoms with Gasteiger partial charge in [-0.25, -0.2) is 0 Å². The van der Waals surface area contributed by atoms with Crippen LogP contribution in [0.25, 0.3) is 0 Å². The van der Waals surface area contributed by atoms with E-state index in [9.17, 15) is 13.7 Å². The van der Waals surface area contributed by atoms with Crippen molar-refractivity contribution in [3.05, 3.63) is 60.2 Å². The molecule has 1 atom stereocenters. The molecule has 0 bridgehead atoms. The summed E-state index contributed by atoms with van der Waals surface area (Å²) < 4.78 is 35.9. The second kappa shape index (κ2) is 7.17. The average Bonchev–Trinajstić information content (AvgIpc) is 2.53. The Kier molecular flexibility index (Phi) is 5.44. The molecule has 0 aliphatic heterocycles. The van der Waals surface area contributed by atoms with Crippen LogP contribution in [0.4, 0.5) is 0 Å². The number of hydrogen-bond acceptors (Lipinski definition) is 5. The van der Waals surface area contributed by atoms with Crippen LogP contribution in [0.1, 0.15) is 11.7 Å². The quantitative estimate of drug-likeness (QED) is 0.576. The van der Waals surface area contributed by atoms with Gasteiger partial charge < -0.3 is 8.61 Å². The molecule has 0 saturated carbocycles. The largest absolute Gasteiger partial charge is 0.399 e. The van der Waals surface area contributed by atoms with Gasteiger partial charge in [0.2, 0.25) is 0 Å². The standard InChI is InChI=1S/C17H19NO4SSi/c1-24(2,3)22-17(13-18)15-11-7-8-12-16(15)21-23(19,20)14-9-5-4-6-10-14/h4-12,17H,1-3H3. The van der Waals surface area contributed by atoms with Crippen LogP contribution in [-0.2, 0) is 14.5 Å². The fraction of sp³-hybridized carbons (Fsp3) is 0.235. The average molecular weight is 361 g/mol. The molecule has 5 nitrogen and oxygen atoms in total. The van der Waals surface area contributed by atoms with Crippen LogP contribution in [0.15, 0.2) is 59.5 Å². The van der Waals surface area contributed by atoms with E-state index >= 15 is 0 Å². The van der Waals surface area contributed by atoms with Gasteiger partial charge in [0.25, 0.3) is 0 Å². The van der Waals surface area contributed by atoms with Gasteiger partial charge in [0.1, 0.15) is 10.6 Å². The highest BCUT2D eigenvalue weighted by molar-refractivity contribution is 7.87. The Bertz CT molecular complexity index is 839. The van der Waals surface area contributed by atoms with Crippen LogP contribution >= 0.6 is 0 Å². The molecule has 0 saturated heterocycles. The van der Waals surface area contributed by atoms with E-state index in [2.05, 4.69) is 6.07 Å². The minimum Gasteiger partial charge on any atom is -0.399 e. The molecule has 2 rings (SSSR count). The van der Waals surface area contributed by atoms with Gasteiger partial charge in [0.05, 0.1) is 6.07 Å². The summed E-state index contributed by atoms with van der Waals surface area (Å²) in [6, 6.07) is 16.5. The summed E-state index contributed by atoms with van der Waals surface area (Å²) in [6.45, 7) is 5.88. The fourth-order valence-electron chi connectivity index (χ4n) is 2.04. The fourth-order valence-corrected chi connectivity index (χ4v) is 3.90. The van der Waals surface area contributed by atoms with Gasteiger partial charge in [0, 0.05) is 5.56 Å². The third kappa shape index (κ3) is 4.68. The summed E-state index contributed by atoms with van der Waals surface area (Å²) in [5.41, 5.74) is 0.405. The number of benzene rings is 2. The lowest BCUT2D eigenvalue weighted by atomic mass is 10.1. The lowest BCUT2D eigenvalue weighted by Crippen LogP contribution is -2.27. The molecule has 0 heterocycles. The Hall–Kier alpha value is -2.14. The van der Waals surface area contributed by atoms with Gasteiger partial charge in [-0.2, -0.15) is 13.7 Å². The molecule has 0 aromatic heterocycles. The van der Waals surface area contributed by atoms with Crippen molar-refractivity contribution in [3.63, 3.8) is 0 Å².